The normalized spacial score (nSPS) is 9.57. The Kier molecular flexibility index (Phi) is 3.40. The maximum atomic E-state index is 11.1. The van der Waals surface area contributed by atoms with Crippen LogP contribution in [0.1, 0.15) is 34.6 Å². The van der Waals surface area contributed by atoms with Crippen molar-refractivity contribution in [2.75, 3.05) is 6.61 Å². The van der Waals surface area contributed by atoms with Crippen LogP contribution in [-0.4, -0.2) is 18.7 Å². The Morgan fingerprint density at radius 3 is 2.71 bits per heavy atom. The number of carbonyl (C=O) groups excluding carboxylic acids is 2. The topological polar surface area (TPSA) is 43.4 Å². The molecule has 14 heavy (non-hydrogen) atoms. The van der Waals surface area contributed by atoms with Gasteiger partial charge in [0.05, 0.1) is 6.61 Å². The highest BCUT2D eigenvalue weighted by Crippen LogP contribution is 2.17. The van der Waals surface area contributed by atoms with E-state index in [1.165, 1.54) is 6.92 Å². The summed E-state index contributed by atoms with van der Waals surface area (Å²) in [4.78, 5) is 21.8. The summed E-state index contributed by atoms with van der Waals surface area (Å²) < 4.78 is 5.21. The van der Waals surface area contributed by atoms with Crippen LogP contribution in [-0.2, 0) is 0 Å². The van der Waals surface area contributed by atoms with Crippen molar-refractivity contribution in [3.05, 3.63) is 29.3 Å². The zero-order chi connectivity index (χ0) is 10.6. The molecule has 0 radical (unpaired) electrons. The Hall–Kier alpha value is -1.64. The van der Waals surface area contributed by atoms with Gasteiger partial charge in [-0.1, -0.05) is 0 Å². The van der Waals surface area contributed by atoms with Crippen molar-refractivity contribution < 1.29 is 14.3 Å². The van der Waals surface area contributed by atoms with E-state index in [1.807, 2.05) is 6.92 Å². The van der Waals surface area contributed by atoms with Gasteiger partial charge in [-0.15, -0.1) is 0 Å². The van der Waals surface area contributed by atoms with E-state index < -0.39 is 0 Å². The summed E-state index contributed by atoms with van der Waals surface area (Å²) in [5.74, 6) is 0.495. The van der Waals surface area contributed by atoms with Gasteiger partial charge in [-0.25, -0.2) is 0 Å². The third kappa shape index (κ3) is 2.19. The summed E-state index contributed by atoms with van der Waals surface area (Å²) in [7, 11) is 0. The number of Topliss-reactive ketones (excluding diaryl/α,β-unsaturated/α-hetero) is 1. The number of hydrogen-bond donors (Lipinski definition) is 0. The van der Waals surface area contributed by atoms with Gasteiger partial charge in [0.15, 0.2) is 12.1 Å². The quantitative estimate of drug-likeness (QED) is 0.542. The van der Waals surface area contributed by atoms with Gasteiger partial charge in [0.25, 0.3) is 0 Å². The highest BCUT2D eigenvalue weighted by Gasteiger charge is 2.07. The number of benzene rings is 1. The molecule has 0 fully saturated rings. The number of aldehydes is 1. The predicted molar refractivity (Wildman–Crippen MR) is 53.0 cm³/mol. The summed E-state index contributed by atoms with van der Waals surface area (Å²) in [6.45, 7) is 3.83. The Morgan fingerprint density at radius 2 is 2.21 bits per heavy atom. The van der Waals surface area contributed by atoms with Gasteiger partial charge in [-0.2, -0.15) is 0 Å². The molecule has 0 aliphatic rings. The molecule has 1 aromatic carbocycles. The zero-order valence-electron chi connectivity index (χ0n) is 8.24. The van der Waals surface area contributed by atoms with Gasteiger partial charge in [0.2, 0.25) is 0 Å². The van der Waals surface area contributed by atoms with E-state index in [0.717, 1.165) is 0 Å². The Bertz CT molecular complexity index is 356. The van der Waals surface area contributed by atoms with Crippen molar-refractivity contribution in [2.24, 2.45) is 0 Å². The fourth-order valence-electron chi connectivity index (χ4n) is 1.22. The van der Waals surface area contributed by atoms with Crippen molar-refractivity contribution in [3.63, 3.8) is 0 Å². The number of ether oxygens (including phenoxy) is 1. The second-order valence-corrected chi connectivity index (χ2v) is 2.86. The summed E-state index contributed by atoms with van der Waals surface area (Å²) >= 11 is 0. The van der Waals surface area contributed by atoms with Crippen molar-refractivity contribution in [2.45, 2.75) is 13.8 Å². The summed E-state index contributed by atoms with van der Waals surface area (Å²) in [5.41, 5.74) is 0.812. The molecule has 3 heteroatoms. The van der Waals surface area contributed by atoms with E-state index in [-0.39, 0.29) is 5.78 Å². The molecule has 0 N–H and O–H groups in total. The summed E-state index contributed by atoms with van der Waals surface area (Å²) in [6, 6.07) is 4.87. The van der Waals surface area contributed by atoms with Crippen LogP contribution in [0.5, 0.6) is 5.75 Å². The lowest BCUT2D eigenvalue weighted by Gasteiger charge is -2.05. The lowest BCUT2D eigenvalue weighted by Crippen LogP contribution is -2.00. The monoisotopic (exact) mass is 192 g/mol. The largest absolute Gasteiger partial charge is 0.494 e. The van der Waals surface area contributed by atoms with Crippen molar-refractivity contribution >= 4 is 12.1 Å². The van der Waals surface area contributed by atoms with E-state index in [0.29, 0.717) is 29.8 Å². The Balaban J connectivity index is 3.11. The molecule has 3 nitrogen and oxygen atoms in total. The fraction of sp³-hybridized carbons (Fsp3) is 0.273. The van der Waals surface area contributed by atoms with E-state index >= 15 is 0 Å². The second kappa shape index (κ2) is 4.56. The molecular formula is C11H12O3. The minimum Gasteiger partial charge on any atom is -0.494 e. The van der Waals surface area contributed by atoms with Gasteiger partial charge < -0.3 is 4.74 Å². The van der Waals surface area contributed by atoms with Gasteiger partial charge in [-0.3, -0.25) is 9.59 Å². The number of rotatable bonds is 4. The molecule has 0 unspecified atom stereocenters. The maximum Gasteiger partial charge on any atom is 0.160 e. The lowest BCUT2D eigenvalue weighted by atomic mass is 10.1. The molecule has 0 amide bonds. The smallest absolute Gasteiger partial charge is 0.160 e. The van der Waals surface area contributed by atoms with Crippen LogP contribution >= 0.6 is 0 Å². The van der Waals surface area contributed by atoms with Gasteiger partial charge in [0, 0.05) is 11.1 Å². The van der Waals surface area contributed by atoms with Crippen LogP contribution < -0.4 is 4.74 Å². The van der Waals surface area contributed by atoms with E-state index in [4.69, 9.17) is 4.74 Å². The van der Waals surface area contributed by atoms with E-state index in [1.54, 1.807) is 18.2 Å². The van der Waals surface area contributed by atoms with Crippen molar-refractivity contribution in [3.8, 4) is 5.75 Å². The molecule has 0 aromatic heterocycles. The Labute approximate surface area is 82.7 Å². The maximum absolute atomic E-state index is 11.1. The van der Waals surface area contributed by atoms with E-state index in [9.17, 15) is 9.59 Å². The first-order valence-corrected chi connectivity index (χ1v) is 4.42. The highest BCUT2D eigenvalue weighted by atomic mass is 16.5. The van der Waals surface area contributed by atoms with Gasteiger partial charge in [-0.05, 0) is 32.0 Å². The molecule has 0 saturated heterocycles. The van der Waals surface area contributed by atoms with Crippen LogP contribution in [0.3, 0.4) is 0 Å². The predicted octanol–water partition coefficient (Wildman–Crippen LogP) is 2.10. The fourth-order valence-corrected chi connectivity index (χ4v) is 1.22. The SMILES string of the molecule is CCOc1ccc(C(C)=O)c(C=O)c1. The van der Waals surface area contributed by atoms with Gasteiger partial charge >= 0.3 is 0 Å². The van der Waals surface area contributed by atoms with Crippen LogP contribution in [0, 0.1) is 0 Å². The molecule has 1 rings (SSSR count). The van der Waals surface area contributed by atoms with Crippen LogP contribution in [0.2, 0.25) is 0 Å². The molecule has 74 valence electrons. The third-order valence-electron chi connectivity index (χ3n) is 1.84. The summed E-state index contributed by atoms with van der Waals surface area (Å²) in [5, 5.41) is 0. The lowest BCUT2D eigenvalue weighted by molar-refractivity contribution is 0.100. The van der Waals surface area contributed by atoms with Crippen molar-refractivity contribution in [1.82, 2.24) is 0 Å². The van der Waals surface area contributed by atoms with Crippen LogP contribution in [0.4, 0.5) is 0 Å². The second-order valence-electron chi connectivity index (χ2n) is 2.86. The highest BCUT2D eigenvalue weighted by molar-refractivity contribution is 6.01. The standard InChI is InChI=1S/C11H12O3/c1-3-14-10-4-5-11(8(2)13)9(6-10)7-12/h4-7H,3H2,1-2H3. The van der Waals surface area contributed by atoms with Crippen LogP contribution in [0.25, 0.3) is 0 Å². The third-order valence-corrected chi connectivity index (χ3v) is 1.84. The molecule has 0 heterocycles. The number of ketones is 1. The van der Waals surface area contributed by atoms with Crippen LogP contribution in [0.15, 0.2) is 18.2 Å². The van der Waals surface area contributed by atoms with Crippen molar-refractivity contribution in [1.29, 1.82) is 0 Å². The molecule has 0 aliphatic carbocycles. The molecule has 0 spiro atoms. The molecule has 0 atom stereocenters. The zero-order valence-corrected chi connectivity index (χ0v) is 8.24. The molecule has 0 saturated carbocycles. The Morgan fingerprint density at radius 1 is 1.50 bits per heavy atom. The first-order chi connectivity index (χ1) is 6.69. The average Bonchev–Trinajstić information content (AvgIpc) is 2.17. The molecular weight excluding hydrogens is 180 g/mol. The molecule has 0 aliphatic heterocycles. The molecule has 1 aromatic rings. The van der Waals surface area contributed by atoms with E-state index in [2.05, 4.69) is 0 Å². The van der Waals surface area contributed by atoms with Gasteiger partial charge in [0.1, 0.15) is 5.75 Å². The minimum atomic E-state index is -0.116. The first kappa shape index (κ1) is 10.4. The number of carbonyl (C=O) groups is 2. The average molecular weight is 192 g/mol. The number of hydrogen-bond acceptors (Lipinski definition) is 3. The first-order valence-electron chi connectivity index (χ1n) is 4.42. The minimum absolute atomic E-state index is 0.116. The summed E-state index contributed by atoms with van der Waals surface area (Å²) in [6.07, 6.45) is 0.666. The molecule has 0 bridgehead atoms.